The molecule has 2 amide bonds. The average molecular weight is 1310 g/mol. The molecule has 0 spiro atoms. The number of ether oxygens (including phenoxy) is 2. The van der Waals surface area contributed by atoms with Crippen molar-refractivity contribution >= 4 is 146 Å². The highest BCUT2D eigenvalue weighted by Gasteiger charge is 2.24. The molecule has 0 bridgehead atoms. The number of piperazine rings is 1. The van der Waals surface area contributed by atoms with Gasteiger partial charge in [-0.2, -0.15) is 0 Å². The Kier molecular flexibility index (Phi) is 27.5. The van der Waals surface area contributed by atoms with E-state index in [0.717, 1.165) is 70.4 Å². The summed E-state index contributed by atoms with van der Waals surface area (Å²) in [6.45, 7) is 5.02. The molecule has 10 rings (SSSR count). The van der Waals surface area contributed by atoms with Crippen LogP contribution in [0.15, 0.2) is 84.9 Å². The smallest absolute Gasteiger partial charge is 0.341 e. The van der Waals surface area contributed by atoms with Crippen molar-refractivity contribution in [2.24, 2.45) is 5.73 Å². The van der Waals surface area contributed by atoms with Gasteiger partial charge in [-0.15, -0.1) is 0 Å². The van der Waals surface area contributed by atoms with Gasteiger partial charge < -0.3 is 56.9 Å². The molecular weight excluding hydrogens is 1250 g/mol. The Labute approximate surface area is 525 Å². The van der Waals surface area contributed by atoms with Crippen molar-refractivity contribution < 1.29 is 48.5 Å². The predicted octanol–water partition coefficient (Wildman–Crippen LogP) is 11.9. The Morgan fingerprint density at radius 1 is 0.482 bits per heavy atom. The Morgan fingerprint density at radius 2 is 0.824 bits per heavy atom. The molecule has 4 aliphatic rings. The number of primary amides is 1. The minimum Gasteiger partial charge on any atom is -0.478 e. The lowest BCUT2D eigenvalue weighted by Gasteiger charge is -2.35. The van der Waals surface area contributed by atoms with Crippen LogP contribution in [-0.2, 0) is 14.3 Å². The Balaban J connectivity index is 0.000000187. The molecule has 85 heavy (non-hydrogen) atoms. The van der Waals surface area contributed by atoms with Crippen molar-refractivity contribution in [1.29, 1.82) is 0 Å². The van der Waals surface area contributed by atoms with Crippen LogP contribution in [0.4, 0.5) is 28.8 Å². The van der Waals surface area contributed by atoms with Gasteiger partial charge in [-0.1, -0.05) is 81.2 Å². The van der Waals surface area contributed by atoms with E-state index >= 15 is 0 Å². The molecule has 0 radical (unpaired) electrons. The lowest BCUT2D eigenvalue weighted by atomic mass is 9.93. The molecule has 0 atom stereocenters. The fraction of sp³-hybridized carbons (Fsp3) is 0.339. The lowest BCUT2D eigenvalue weighted by Crippen LogP contribution is -2.48. The molecular formula is C56H61Cl7N12O10. The van der Waals surface area contributed by atoms with E-state index in [1.165, 1.54) is 75.6 Å². The number of nitrogens with zero attached hydrogens (tertiary/aromatic N) is 7. The first kappa shape index (κ1) is 68.6. The van der Waals surface area contributed by atoms with Crippen LogP contribution < -0.4 is 32.3 Å². The van der Waals surface area contributed by atoms with E-state index in [2.05, 4.69) is 55.2 Å². The number of hydrogen-bond acceptors (Lipinski definition) is 18. The van der Waals surface area contributed by atoms with E-state index in [-0.39, 0.29) is 43.2 Å². The third kappa shape index (κ3) is 22.0. The number of carboxylic acid groups (broad SMARTS) is 2. The summed E-state index contributed by atoms with van der Waals surface area (Å²) in [6.07, 6.45) is 10.2. The number of carboxylic acids is 2. The van der Waals surface area contributed by atoms with Crippen molar-refractivity contribution in [3.8, 4) is 0 Å². The molecule has 6 heterocycles. The summed E-state index contributed by atoms with van der Waals surface area (Å²) in [5.41, 5.74) is 14.0. The second kappa shape index (κ2) is 34.1. The van der Waals surface area contributed by atoms with Crippen LogP contribution in [0.1, 0.15) is 117 Å². The zero-order valence-corrected chi connectivity index (χ0v) is 51.4. The van der Waals surface area contributed by atoms with E-state index in [0.29, 0.717) is 62.2 Å². The summed E-state index contributed by atoms with van der Waals surface area (Å²) in [5.74, 6) is -1.95. The molecule has 22 nitrogen and oxygen atoms in total. The molecule has 6 aromatic rings. The summed E-state index contributed by atoms with van der Waals surface area (Å²) in [4.78, 5) is 89.6. The molecule has 1 aliphatic heterocycles. The molecule has 0 unspecified atom stereocenters. The Bertz CT molecular complexity index is 3200. The van der Waals surface area contributed by atoms with Crippen LogP contribution in [0, 0.1) is 0 Å². The van der Waals surface area contributed by atoms with Gasteiger partial charge in [0.25, 0.3) is 5.91 Å². The number of aromatic carboxylic acids is 2. The van der Waals surface area contributed by atoms with Gasteiger partial charge in [0, 0.05) is 62.6 Å². The highest BCUT2D eigenvalue weighted by atomic mass is 35.5. The third-order valence-corrected chi connectivity index (χ3v) is 14.7. The van der Waals surface area contributed by atoms with Crippen molar-refractivity contribution in [1.82, 2.24) is 29.8 Å². The van der Waals surface area contributed by atoms with Crippen molar-refractivity contribution in [2.45, 2.75) is 82.8 Å². The van der Waals surface area contributed by atoms with Crippen LogP contribution >= 0.6 is 81.2 Å². The molecule has 29 heteroatoms. The number of anilines is 5. The number of pyridine rings is 5. The van der Waals surface area contributed by atoms with Gasteiger partial charge in [0.15, 0.2) is 0 Å². The fourth-order valence-corrected chi connectivity index (χ4v) is 9.02. The number of nitrogens with two attached hydrogens (primary N) is 2. The van der Waals surface area contributed by atoms with Gasteiger partial charge >= 0.3 is 23.9 Å². The molecule has 5 aromatic heterocycles. The van der Waals surface area contributed by atoms with Crippen molar-refractivity contribution in [2.75, 3.05) is 67.0 Å². The summed E-state index contributed by atoms with van der Waals surface area (Å²) >= 11 is 39.3. The maximum atomic E-state index is 11.5. The minimum atomic E-state index is -1.11. The molecule has 3 aliphatic carbocycles. The van der Waals surface area contributed by atoms with E-state index in [1.807, 2.05) is 29.2 Å². The number of aromatic nitrogens is 5. The molecule has 4 fully saturated rings. The lowest BCUT2D eigenvalue weighted by molar-refractivity contribution is -0.129. The van der Waals surface area contributed by atoms with Crippen LogP contribution in [0.25, 0.3) is 0 Å². The van der Waals surface area contributed by atoms with Crippen LogP contribution in [0.3, 0.4) is 0 Å². The maximum Gasteiger partial charge on any atom is 0.341 e. The van der Waals surface area contributed by atoms with E-state index < -0.39 is 29.8 Å². The second-order valence-corrected chi connectivity index (χ2v) is 21.5. The van der Waals surface area contributed by atoms with Crippen molar-refractivity contribution in [3.63, 3.8) is 0 Å². The first-order chi connectivity index (χ1) is 40.5. The highest BCUT2D eigenvalue weighted by molar-refractivity contribution is 6.35. The van der Waals surface area contributed by atoms with Gasteiger partial charge in [0.2, 0.25) is 5.91 Å². The van der Waals surface area contributed by atoms with Crippen LogP contribution in [0.5, 0.6) is 0 Å². The van der Waals surface area contributed by atoms with E-state index in [9.17, 15) is 28.8 Å². The highest BCUT2D eigenvalue weighted by Crippen LogP contribution is 2.29. The third-order valence-electron chi connectivity index (χ3n) is 13.1. The summed E-state index contributed by atoms with van der Waals surface area (Å²) in [6, 6.07) is 23.9. The number of nitrogen functional groups attached to an aromatic ring is 1. The van der Waals surface area contributed by atoms with Gasteiger partial charge in [0.05, 0.1) is 30.9 Å². The number of benzene rings is 1. The standard InChI is InChI=1S/C12H17N3O.C11H13ClN2O2.C10H12ClN3O.C10H11ClN2O2.C7H5Cl2NO2.C6H3Cl2NO2/c1-10(16)14-6-8-15(9-7-14)12-4-2-11(13)3-5-12;1-16-11(15)8-5-6-9(12)14-10(8)13-7-3-2-4-7;11-8-5-4-7(9(12)15)10(14-8)13-6-2-1-3-6;11-8-5-4-7(10(14)15)9(13-8)12-6-2-1-3-6;1-12-7(11)4-2-3-5(8)10-6(4)9;7-4-2-1-3(6(10)11)5(8)9-4/h2-5H,6-9,13H2,1H3;5-7H,2-4H2,1H3,(H,13,14);4-6H,1-3H2,(H2,12,15)(H,13,14);4-6H,1-3H2,(H,12,13)(H,14,15);2-3H,1H3;1-2H,(H,10,11). The number of carbonyl (C=O) groups excluding carboxylic acids is 4. The van der Waals surface area contributed by atoms with Gasteiger partial charge in [-0.25, -0.2) is 44.1 Å². The Morgan fingerprint density at radius 3 is 1.18 bits per heavy atom. The zero-order valence-electron chi connectivity index (χ0n) is 46.1. The predicted molar refractivity (Wildman–Crippen MR) is 330 cm³/mol. The molecule has 454 valence electrons. The number of esters is 2. The van der Waals surface area contributed by atoms with Gasteiger partial charge in [0.1, 0.15) is 64.7 Å². The minimum absolute atomic E-state index is 0.0453. The number of nitrogens with one attached hydrogen (secondary N) is 3. The number of hydrogen-bond donors (Lipinski definition) is 7. The topological polar surface area (TPSA) is 320 Å². The van der Waals surface area contributed by atoms with Gasteiger partial charge in [-0.3, -0.25) is 9.59 Å². The SMILES string of the molecule is CC(=O)N1CCN(c2ccc(N)cc2)CC1.COC(=O)c1ccc(Cl)nc1Cl.COC(=O)c1ccc(Cl)nc1NC1CCC1.NC(=O)c1ccc(Cl)nc1NC1CCC1.O=C(O)c1ccc(Cl)nc1Cl.O=C(O)c1ccc(Cl)nc1NC1CCC1. The fourth-order valence-electron chi connectivity index (χ4n) is 7.73. The van der Waals surface area contributed by atoms with Gasteiger partial charge in [-0.05, 0) is 143 Å². The maximum absolute atomic E-state index is 11.5. The van der Waals surface area contributed by atoms with Crippen LogP contribution in [-0.4, -0.2) is 134 Å². The first-order valence-electron chi connectivity index (χ1n) is 26.2. The number of halogens is 7. The van der Waals surface area contributed by atoms with E-state index in [1.54, 1.807) is 31.2 Å². The number of carbonyl (C=O) groups is 6. The number of methoxy groups -OCH3 is 2. The monoisotopic (exact) mass is 1310 g/mol. The number of amides is 2. The first-order valence-corrected chi connectivity index (χ1v) is 28.8. The Hall–Kier alpha value is -7.18. The normalized spacial score (nSPS) is 14.1. The van der Waals surface area contributed by atoms with E-state index in [4.69, 9.17) is 103 Å². The molecule has 3 saturated carbocycles. The molecule has 1 saturated heterocycles. The molecule has 9 N–H and O–H groups in total. The number of rotatable bonds is 12. The quantitative estimate of drug-likeness (QED) is 0.0340. The average Bonchev–Trinajstić information content (AvgIpc) is 3.61. The largest absolute Gasteiger partial charge is 0.478 e. The second-order valence-electron chi connectivity index (χ2n) is 18.9. The summed E-state index contributed by atoms with van der Waals surface area (Å²) in [5, 5.41) is 28.3. The van der Waals surface area contributed by atoms with Crippen molar-refractivity contribution in [3.05, 3.63) is 149 Å². The summed E-state index contributed by atoms with van der Waals surface area (Å²) < 4.78 is 9.14. The molecule has 1 aromatic carbocycles. The van der Waals surface area contributed by atoms with Crippen LogP contribution in [0.2, 0.25) is 36.1 Å². The zero-order chi connectivity index (χ0) is 62.3. The summed E-state index contributed by atoms with van der Waals surface area (Å²) in [7, 11) is 2.62.